The summed E-state index contributed by atoms with van der Waals surface area (Å²) in [6.07, 6.45) is 0.417. The third-order valence-corrected chi connectivity index (χ3v) is 4.15. The van der Waals surface area contributed by atoms with E-state index in [0.29, 0.717) is 24.5 Å². The van der Waals surface area contributed by atoms with Gasteiger partial charge in [0.25, 0.3) is 0 Å². The Labute approximate surface area is 144 Å². The van der Waals surface area contributed by atoms with Crippen molar-refractivity contribution in [3.05, 3.63) is 63.1 Å². The fourth-order valence-corrected chi connectivity index (χ4v) is 2.74. The van der Waals surface area contributed by atoms with Crippen LogP contribution in [0.2, 0.25) is 5.02 Å². The molecule has 0 aromatic heterocycles. The lowest BCUT2D eigenvalue weighted by molar-refractivity contribution is -0.121. The van der Waals surface area contributed by atoms with Crippen LogP contribution in [0.5, 0.6) is 0 Å². The number of nitrogens with one attached hydrogen (secondary N) is 2. The number of aryl methyl sites for hydroxylation is 1. The molecule has 0 unspecified atom stereocenters. The van der Waals surface area contributed by atoms with E-state index in [1.165, 1.54) is 0 Å². The molecule has 0 aliphatic carbocycles. The van der Waals surface area contributed by atoms with Gasteiger partial charge in [-0.05, 0) is 42.3 Å². The summed E-state index contributed by atoms with van der Waals surface area (Å²) in [7, 11) is 0. The molecule has 2 N–H and O–H groups in total. The van der Waals surface area contributed by atoms with Crippen LogP contribution in [0, 0.1) is 6.92 Å². The van der Waals surface area contributed by atoms with Crippen molar-refractivity contribution < 1.29 is 4.79 Å². The van der Waals surface area contributed by atoms with Gasteiger partial charge >= 0.3 is 0 Å². The molecule has 2 aromatic carbocycles. The molecule has 2 aromatic rings. The highest BCUT2D eigenvalue weighted by atomic mass is 79.9. The Balaban J connectivity index is 1.75. The highest BCUT2D eigenvalue weighted by molar-refractivity contribution is 9.10. The summed E-state index contributed by atoms with van der Waals surface area (Å²) in [5.41, 5.74) is 3.11. The maximum atomic E-state index is 11.9. The number of halogens is 2. The summed E-state index contributed by atoms with van der Waals surface area (Å²) in [4.78, 5) is 11.9. The molecule has 0 heterocycles. The number of anilines is 1. The zero-order chi connectivity index (χ0) is 15.9. The van der Waals surface area contributed by atoms with Crippen LogP contribution < -0.4 is 10.6 Å². The standard InChI is InChI=1S/C17H18BrClN2O/c1-12-10-14(18)6-7-16(12)20-9-8-17(22)21-11-13-4-2-3-5-15(13)19/h2-7,10,20H,8-9,11H2,1H3,(H,21,22). The zero-order valence-electron chi connectivity index (χ0n) is 12.3. The minimum atomic E-state index is 0.00202. The molecule has 5 heteroatoms. The van der Waals surface area contributed by atoms with Crippen molar-refractivity contribution >= 4 is 39.1 Å². The quantitative estimate of drug-likeness (QED) is 0.772. The van der Waals surface area contributed by atoms with E-state index in [4.69, 9.17) is 11.6 Å². The summed E-state index contributed by atoms with van der Waals surface area (Å²) in [5, 5.41) is 6.82. The molecule has 116 valence electrons. The van der Waals surface area contributed by atoms with E-state index in [9.17, 15) is 4.79 Å². The maximum absolute atomic E-state index is 11.9. The number of carbonyl (C=O) groups excluding carboxylic acids is 1. The first-order chi connectivity index (χ1) is 10.6. The van der Waals surface area contributed by atoms with Gasteiger partial charge in [-0.15, -0.1) is 0 Å². The van der Waals surface area contributed by atoms with Crippen LogP contribution in [0.15, 0.2) is 46.9 Å². The molecular weight excluding hydrogens is 364 g/mol. The van der Waals surface area contributed by atoms with Crippen molar-refractivity contribution in [3.63, 3.8) is 0 Å². The lowest BCUT2D eigenvalue weighted by atomic mass is 10.2. The molecule has 0 bridgehead atoms. The number of carbonyl (C=O) groups is 1. The van der Waals surface area contributed by atoms with E-state index in [2.05, 4.69) is 26.6 Å². The van der Waals surface area contributed by atoms with E-state index in [1.807, 2.05) is 49.4 Å². The average Bonchev–Trinajstić information content (AvgIpc) is 2.49. The van der Waals surface area contributed by atoms with Gasteiger partial charge in [-0.1, -0.05) is 45.7 Å². The molecule has 0 saturated heterocycles. The molecule has 0 radical (unpaired) electrons. The van der Waals surface area contributed by atoms with Crippen molar-refractivity contribution in [2.24, 2.45) is 0 Å². The van der Waals surface area contributed by atoms with E-state index < -0.39 is 0 Å². The van der Waals surface area contributed by atoms with Gasteiger partial charge in [-0.25, -0.2) is 0 Å². The van der Waals surface area contributed by atoms with E-state index >= 15 is 0 Å². The summed E-state index contributed by atoms with van der Waals surface area (Å²) in [6.45, 7) is 3.08. The summed E-state index contributed by atoms with van der Waals surface area (Å²) < 4.78 is 1.05. The lowest BCUT2D eigenvalue weighted by Crippen LogP contribution is -2.25. The first-order valence-electron chi connectivity index (χ1n) is 7.06. The lowest BCUT2D eigenvalue weighted by Gasteiger charge is -2.10. The van der Waals surface area contributed by atoms with Gasteiger partial charge in [0, 0.05) is 34.7 Å². The number of benzene rings is 2. The predicted octanol–water partition coefficient (Wildman–Crippen LogP) is 4.53. The second-order valence-electron chi connectivity index (χ2n) is 5.00. The number of rotatable bonds is 6. The molecular formula is C17H18BrClN2O. The first kappa shape index (κ1) is 16.8. The topological polar surface area (TPSA) is 41.1 Å². The summed E-state index contributed by atoms with van der Waals surface area (Å²) in [6, 6.07) is 13.5. The van der Waals surface area contributed by atoms with Crippen LogP contribution in [-0.4, -0.2) is 12.5 Å². The van der Waals surface area contributed by atoms with E-state index in [-0.39, 0.29) is 5.91 Å². The second kappa shape index (κ2) is 8.20. The smallest absolute Gasteiger partial charge is 0.222 e. The minimum Gasteiger partial charge on any atom is -0.384 e. The van der Waals surface area contributed by atoms with Crippen molar-refractivity contribution in [1.29, 1.82) is 0 Å². The van der Waals surface area contributed by atoms with Gasteiger partial charge in [0.2, 0.25) is 5.91 Å². The molecule has 0 spiro atoms. The van der Waals surface area contributed by atoms with Gasteiger partial charge in [0.1, 0.15) is 0 Å². The maximum Gasteiger partial charge on any atom is 0.222 e. The fraction of sp³-hybridized carbons (Fsp3) is 0.235. The third kappa shape index (κ3) is 5.04. The first-order valence-corrected chi connectivity index (χ1v) is 8.23. The van der Waals surface area contributed by atoms with Gasteiger partial charge in [-0.2, -0.15) is 0 Å². The van der Waals surface area contributed by atoms with Crippen molar-refractivity contribution in [2.45, 2.75) is 19.9 Å². The molecule has 22 heavy (non-hydrogen) atoms. The van der Waals surface area contributed by atoms with Crippen LogP contribution in [0.3, 0.4) is 0 Å². The number of amides is 1. The van der Waals surface area contributed by atoms with E-state index in [1.54, 1.807) is 0 Å². The Morgan fingerprint density at radius 3 is 2.73 bits per heavy atom. The molecule has 0 atom stereocenters. The van der Waals surface area contributed by atoms with Crippen molar-refractivity contribution in [3.8, 4) is 0 Å². The number of hydrogen-bond acceptors (Lipinski definition) is 2. The fourth-order valence-electron chi connectivity index (χ4n) is 2.06. The molecule has 1 amide bonds. The van der Waals surface area contributed by atoms with Gasteiger partial charge in [0.15, 0.2) is 0 Å². The summed E-state index contributed by atoms with van der Waals surface area (Å²) in [5.74, 6) is 0.00202. The predicted molar refractivity (Wildman–Crippen MR) is 95.3 cm³/mol. The Morgan fingerprint density at radius 2 is 2.00 bits per heavy atom. The Morgan fingerprint density at radius 1 is 1.23 bits per heavy atom. The molecule has 3 nitrogen and oxygen atoms in total. The molecule has 0 aliphatic rings. The largest absolute Gasteiger partial charge is 0.384 e. The van der Waals surface area contributed by atoms with Crippen LogP contribution in [-0.2, 0) is 11.3 Å². The Hall–Kier alpha value is -1.52. The minimum absolute atomic E-state index is 0.00202. The van der Waals surface area contributed by atoms with Crippen LogP contribution in [0.25, 0.3) is 0 Å². The number of hydrogen-bond donors (Lipinski definition) is 2. The molecule has 0 saturated carbocycles. The molecule has 0 aliphatic heterocycles. The Kier molecular flexibility index (Phi) is 6.28. The van der Waals surface area contributed by atoms with Crippen LogP contribution >= 0.6 is 27.5 Å². The zero-order valence-corrected chi connectivity index (χ0v) is 14.7. The van der Waals surface area contributed by atoms with Crippen LogP contribution in [0.1, 0.15) is 17.5 Å². The van der Waals surface area contributed by atoms with E-state index in [0.717, 1.165) is 21.3 Å². The Bertz CT molecular complexity index is 661. The summed E-state index contributed by atoms with van der Waals surface area (Å²) >= 11 is 9.49. The SMILES string of the molecule is Cc1cc(Br)ccc1NCCC(=O)NCc1ccccc1Cl. The molecule has 2 rings (SSSR count). The van der Waals surface area contributed by atoms with Crippen LogP contribution in [0.4, 0.5) is 5.69 Å². The third-order valence-electron chi connectivity index (χ3n) is 3.29. The highest BCUT2D eigenvalue weighted by Crippen LogP contribution is 2.19. The van der Waals surface area contributed by atoms with Gasteiger partial charge in [0.05, 0.1) is 0 Å². The second-order valence-corrected chi connectivity index (χ2v) is 6.33. The average molecular weight is 382 g/mol. The molecule has 0 fully saturated rings. The van der Waals surface area contributed by atoms with Crippen molar-refractivity contribution in [2.75, 3.05) is 11.9 Å². The normalized spacial score (nSPS) is 10.3. The van der Waals surface area contributed by atoms with Gasteiger partial charge < -0.3 is 10.6 Å². The monoisotopic (exact) mass is 380 g/mol. The van der Waals surface area contributed by atoms with Crippen molar-refractivity contribution in [1.82, 2.24) is 5.32 Å². The van der Waals surface area contributed by atoms with Gasteiger partial charge in [-0.3, -0.25) is 4.79 Å². The highest BCUT2D eigenvalue weighted by Gasteiger charge is 2.04.